The second kappa shape index (κ2) is 17.6. The first-order valence-electron chi connectivity index (χ1n) is 21.0. The highest BCUT2D eigenvalue weighted by Gasteiger charge is 2.27. The SMILES string of the molecule is Cc1ncsc1-c1ccc([C@H](COCCCCCN2CCC(c3ccc4c(c3)n(C3CCCC3)c3nc(=O)c5c(Br)cccc5n43)CC2)NC(=O)OC(C)(C)C)cc1. The number of nitrogens with zero attached hydrogens (tertiary/aromatic N) is 5. The molecule has 306 valence electrons. The van der Waals surface area contributed by atoms with Crippen LogP contribution < -0.4 is 10.9 Å². The Bertz CT molecular complexity index is 2440. The number of carbonyl (C=O) groups is 1. The van der Waals surface area contributed by atoms with Crippen molar-refractivity contribution in [2.75, 3.05) is 32.8 Å². The summed E-state index contributed by atoms with van der Waals surface area (Å²) in [5, 5.41) is 3.67. The van der Waals surface area contributed by atoms with Gasteiger partial charge in [-0.3, -0.25) is 9.20 Å². The molecule has 8 rings (SSSR count). The van der Waals surface area contributed by atoms with Crippen LogP contribution in [0.5, 0.6) is 0 Å². The number of piperidine rings is 1. The molecular formula is C46H55BrN6O4S. The predicted octanol–water partition coefficient (Wildman–Crippen LogP) is 10.7. The van der Waals surface area contributed by atoms with E-state index in [0.717, 1.165) is 108 Å². The molecule has 2 fully saturated rings. The molecule has 0 bridgehead atoms. The minimum Gasteiger partial charge on any atom is -0.444 e. The van der Waals surface area contributed by atoms with Crippen molar-refractivity contribution in [1.82, 2.24) is 29.2 Å². The molecule has 0 spiro atoms. The number of unbranched alkanes of at least 4 members (excludes halogenated alkanes) is 2. The highest BCUT2D eigenvalue weighted by molar-refractivity contribution is 9.10. The molecule has 1 atom stereocenters. The maximum Gasteiger partial charge on any atom is 0.408 e. The number of fused-ring (bicyclic) bond motifs is 5. The zero-order chi connectivity index (χ0) is 40.4. The number of hydrogen-bond donors (Lipinski definition) is 1. The number of aromatic nitrogens is 4. The fraction of sp³-hybridized carbons (Fsp3) is 0.478. The molecular weight excluding hydrogens is 813 g/mol. The third-order valence-corrected chi connectivity index (χ3v) is 13.5. The maximum absolute atomic E-state index is 13.3. The fourth-order valence-corrected chi connectivity index (χ4v) is 10.3. The number of thiazole rings is 1. The van der Waals surface area contributed by atoms with Gasteiger partial charge < -0.3 is 24.3 Å². The van der Waals surface area contributed by atoms with Crippen molar-refractivity contribution in [3.05, 3.63) is 97.8 Å². The number of amides is 1. The summed E-state index contributed by atoms with van der Waals surface area (Å²) < 4.78 is 17.1. The maximum atomic E-state index is 13.3. The Kier molecular flexibility index (Phi) is 12.4. The van der Waals surface area contributed by atoms with Crippen LogP contribution in [0.4, 0.5) is 4.79 Å². The van der Waals surface area contributed by atoms with E-state index in [1.165, 1.54) is 23.9 Å². The second-order valence-corrected chi connectivity index (χ2v) is 18.8. The molecule has 1 N–H and O–H groups in total. The summed E-state index contributed by atoms with van der Waals surface area (Å²) in [7, 11) is 0. The van der Waals surface area contributed by atoms with Gasteiger partial charge in [0.1, 0.15) is 5.60 Å². The van der Waals surface area contributed by atoms with Crippen molar-refractivity contribution in [3.8, 4) is 10.4 Å². The van der Waals surface area contributed by atoms with Gasteiger partial charge >= 0.3 is 6.09 Å². The minimum absolute atomic E-state index is 0.175. The fourth-order valence-electron chi connectivity index (χ4n) is 8.95. The first-order valence-corrected chi connectivity index (χ1v) is 22.7. The van der Waals surface area contributed by atoms with Crippen LogP contribution in [0.3, 0.4) is 0 Å². The van der Waals surface area contributed by atoms with Crippen LogP contribution in [0, 0.1) is 6.92 Å². The summed E-state index contributed by atoms with van der Waals surface area (Å²) in [6.45, 7) is 11.9. The Morgan fingerprint density at radius 3 is 2.47 bits per heavy atom. The molecule has 3 aromatic carbocycles. The van der Waals surface area contributed by atoms with E-state index in [-0.39, 0.29) is 11.6 Å². The predicted molar refractivity (Wildman–Crippen MR) is 237 cm³/mol. The molecule has 0 radical (unpaired) electrons. The molecule has 1 amide bonds. The lowest BCUT2D eigenvalue weighted by atomic mass is 9.89. The highest BCUT2D eigenvalue weighted by atomic mass is 79.9. The molecule has 2 aliphatic rings. The Hall–Kier alpha value is -4.10. The largest absolute Gasteiger partial charge is 0.444 e. The van der Waals surface area contributed by atoms with Crippen molar-refractivity contribution < 1.29 is 14.3 Å². The van der Waals surface area contributed by atoms with E-state index >= 15 is 0 Å². The summed E-state index contributed by atoms with van der Waals surface area (Å²) in [4.78, 5) is 39.0. The van der Waals surface area contributed by atoms with Crippen LogP contribution in [0.2, 0.25) is 0 Å². The molecule has 1 saturated heterocycles. The number of benzene rings is 3. The van der Waals surface area contributed by atoms with Gasteiger partial charge in [0.05, 0.1) is 50.7 Å². The van der Waals surface area contributed by atoms with Crippen LogP contribution in [-0.4, -0.2) is 68.4 Å². The highest BCUT2D eigenvalue weighted by Crippen LogP contribution is 2.38. The van der Waals surface area contributed by atoms with E-state index < -0.39 is 11.7 Å². The van der Waals surface area contributed by atoms with Gasteiger partial charge in [-0.1, -0.05) is 49.2 Å². The Labute approximate surface area is 353 Å². The monoisotopic (exact) mass is 866 g/mol. The molecule has 10 nitrogen and oxygen atoms in total. The summed E-state index contributed by atoms with van der Waals surface area (Å²) in [5.74, 6) is 1.28. The number of aryl methyl sites for hydroxylation is 1. The number of ether oxygens (including phenoxy) is 2. The summed E-state index contributed by atoms with van der Waals surface area (Å²) in [6.07, 6.45) is 9.70. The number of imidazole rings is 1. The van der Waals surface area contributed by atoms with Crippen molar-refractivity contribution in [1.29, 1.82) is 0 Å². The van der Waals surface area contributed by atoms with Crippen LogP contribution in [0.25, 0.3) is 38.2 Å². The smallest absolute Gasteiger partial charge is 0.408 e. The quantitative estimate of drug-likeness (QED) is 0.115. The number of nitrogens with one attached hydrogen (secondary N) is 1. The van der Waals surface area contributed by atoms with Gasteiger partial charge in [-0.05, 0) is 155 Å². The van der Waals surface area contributed by atoms with Gasteiger partial charge in [-0.15, -0.1) is 11.3 Å². The molecule has 1 aliphatic carbocycles. The second-order valence-electron chi connectivity index (χ2n) is 17.1. The van der Waals surface area contributed by atoms with Gasteiger partial charge in [-0.2, -0.15) is 4.98 Å². The summed E-state index contributed by atoms with van der Waals surface area (Å²) in [5.41, 5.74) is 8.83. The van der Waals surface area contributed by atoms with Gasteiger partial charge in [-0.25, -0.2) is 9.78 Å². The van der Waals surface area contributed by atoms with E-state index in [0.29, 0.717) is 30.6 Å². The lowest BCUT2D eigenvalue weighted by molar-refractivity contribution is 0.0437. The molecule has 6 aromatic rings. The Morgan fingerprint density at radius 1 is 0.966 bits per heavy atom. The van der Waals surface area contributed by atoms with Crippen molar-refractivity contribution >= 4 is 61.1 Å². The number of halogens is 1. The summed E-state index contributed by atoms with van der Waals surface area (Å²) >= 11 is 5.25. The van der Waals surface area contributed by atoms with Crippen LogP contribution in [0.1, 0.15) is 113 Å². The van der Waals surface area contributed by atoms with Crippen LogP contribution in [-0.2, 0) is 9.47 Å². The molecule has 58 heavy (non-hydrogen) atoms. The first kappa shape index (κ1) is 40.7. The van der Waals surface area contributed by atoms with E-state index in [1.807, 2.05) is 51.4 Å². The van der Waals surface area contributed by atoms with Gasteiger partial charge in [0.2, 0.25) is 5.78 Å². The van der Waals surface area contributed by atoms with Crippen molar-refractivity contribution in [2.24, 2.45) is 0 Å². The number of carbonyl (C=O) groups excluding carboxylic acids is 1. The third kappa shape index (κ3) is 8.90. The van der Waals surface area contributed by atoms with E-state index in [2.05, 4.69) is 82.6 Å². The standard InChI is InChI=1S/C46H55BrN6O4S/c1-30-42(58-29-48-30)33-17-15-32(16-18-33)37(49-45(55)57-46(2,3)4)28-56-26-9-5-8-23-51-24-21-31(22-25-51)34-19-20-38-40(27-34)52(35-11-6-7-12-35)44-50-43(54)41-36(47)13-10-14-39(41)53(38)44/h10,13-20,27,29,31,35,37H,5-9,11-12,21-26,28H2,1-4H3,(H,49,55)/t37-/m0/s1. The minimum atomic E-state index is -0.584. The van der Waals surface area contributed by atoms with Crippen LogP contribution in [0.15, 0.2) is 75.4 Å². The van der Waals surface area contributed by atoms with Gasteiger partial charge in [0, 0.05) is 17.1 Å². The van der Waals surface area contributed by atoms with E-state index in [9.17, 15) is 9.59 Å². The molecule has 12 heteroatoms. The van der Waals surface area contributed by atoms with E-state index in [4.69, 9.17) is 14.5 Å². The van der Waals surface area contributed by atoms with E-state index in [1.54, 1.807) is 11.3 Å². The lowest BCUT2D eigenvalue weighted by Gasteiger charge is -2.32. The first-order chi connectivity index (χ1) is 28.0. The average molecular weight is 868 g/mol. The number of rotatable bonds is 13. The Balaban J connectivity index is 0.841. The Morgan fingerprint density at radius 2 is 1.74 bits per heavy atom. The number of likely N-dealkylation sites (tertiary alicyclic amines) is 1. The number of hydrogen-bond acceptors (Lipinski definition) is 8. The zero-order valence-corrected chi connectivity index (χ0v) is 36.5. The average Bonchev–Trinajstić information content (AvgIpc) is 3.96. The topological polar surface area (TPSA) is 103 Å². The summed E-state index contributed by atoms with van der Waals surface area (Å²) in [6, 6.07) is 21.3. The van der Waals surface area contributed by atoms with Crippen molar-refractivity contribution in [2.45, 2.75) is 109 Å². The molecule has 3 aromatic heterocycles. The molecule has 4 heterocycles. The lowest BCUT2D eigenvalue weighted by Crippen LogP contribution is -2.36. The molecule has 1 aliphatic heterocycles. The zero-order valence-electron chi connectivity index (χ0n) is 34.1. The third-order valence-electron chi connectivity index (χ3n) is 11.9. The molecule has 1 saturated carbocycles. The number of alkyl carbamates (subject to hydrolysis) is 1. The van der Waals surface area contributed by atoms with Crippen LogP contribution >= 0.6 is 27.3 Å². The molecule has 0 unspecified atom stereocenters. The van der Waals surface area contributed by atoms with Crippen molar-refractivity contribution in [3.63, 3.8) is 0 Å². The van der Waals surface area contributed by atoms with Gasteiger partial charge in [0.25, 0.3) is 5.56 Å². The normalized spacial score (nSPS) is 16.5. The van der Waals surface area contributed by atoms with Gasteiger partial charge in [0.15, 0.2) is 0 Å².